The Morgan fingerprint density at radius 2 is 1.86 bits per heavy atom. The summed E-state index contributed by atoms with van der Waals surface area (Å²) in [5.74, 6) is 0.834. The molecule has 0 bridgehead atoms. The minimum absolute atomic E-state index is 0.834. The second kappa shape index (κ2) is 6.14. The summed E-state index contributed by atoms with van der Waals surface area (Å²) in [4.78, 5) is 4.61. The zero-order valence-electron chi connectivity index (χ0n) is 12.1. The molecule has 0 radical (unpaired) electrons. The molecule has 0 saturated carbocycles. The van der Waals surface area contributed by atoms with Gasteiger partial charge >= 0.3 is 0 Å². The average Bonchev–Trinajstić information content (AvgIpc) is 2.53. The number of hydrogen-bond acceptors (Lipinski definition) is 3. The van der Waals surface area contributed by atoms with Gasteiger partial charge in [0, 0.05) is 5.75 Å². The molecule has 4 heteroatoms. The first-order chi connectivity index (χ1) is 10.2. The van der Waals surface area contributed by atoms with E-state index in [1.54, 1.807) is 11.8 Å². The van der Waals surface area contributed by atoms with Gasteiger partial charge in [0.2, 0.25) is 0 Å². The zero-order chi connectivity index (χ0) is 14.7. The maximum atomic E-state index is 4.61. The number of aryl methyl sites for hydroxylation is 2. The van der Waals surface area contributed by atoms with Crippen molar-refractivity contribution in [3.05, 3.63) is 65.2 Å². The fourth-order valence-electron chi connectivity index (χ4n) is 2.06. The molecule has 21 heavy (non-hydrogen) atoms. The molecule has 2 aromatic carbocycles. The van der Waals surface area contributed by atoms with Gasteiger partial charge in [-0.1, -0.05) is 48.2 Å². The molecule has 2 aromatic rings. The molecule has 0 aromatic heterocycles. The molecule has 1 aliphatic rings. The number of thioether (sulfide) groups is 1. The summed E-state index contributed by atoms with van der Waals surface area (Å²) in [5.41, 5.74) is 8.77. The predicted octanol–water partition coefficient (Wildman–Crippen LogP) is 4.03. The Kier molecular flexibility index (Phi) is 4.06. The second-order valence-electron chi connectivity index (χ2n) is 5.01. The highest BCUT2D eigenvalue weighted by molar-refractivity contribution is 8.14. The minimum Gasteiger partial charge on any atom is -0.255 e. The molecule has 106 valence electrons. The molecule has 3 rings (SSSR count). The highest BCUT2D eigenvalue weighted by Gasteiger charge is 2.12. The first-order valence-electron chi connectivity index (χ1n) is 6.89. The monoisotopic (exact) mass is 295 g/mol. The van der Waals surface area contributed by atoms with E-state index in [4.69, 9.17) is 0 Å². The van der Waals surface area contributed by atoms with Crippen LogP contribution in [0.2, 0.25) is 0 Å². The van der Waals surface area contributed by atoms with Gasteiger partial charge < -0.3 is 0 Å². The number of benzene rings is 2. The van der Waals surface area contributed by atoms with E-state index >= 15 is 0 Å². The van der Waals surface area contributed by atoms with Crippen LogP contribution in [0.3, 0.4) is 0 Å². The topological polar surface area (TPSA) is 36.8 Å². The molecule has 1 aliphatic heterocycles. The molecular weight excluding hydrogens is 278 g/mol. The van der Waals surface area contributed by atoms with E-state index in [0.29, 0.717) is 0 Å². The number of hydrazone groups is 1. The van der Waals surface area contributed by atoms with Crippen LogP contribution < -0.4 is 5.43 Å². The molecular formula is C17H17N3S. The standard InChI is InChI=1S/C17H17N3S/c1-12-8-9-15(10-13(12)2)18-17-20-19-16(11-21-17)14-6-4-3-5-7-14/h3-10H,11H2,1-2H3,(H,18,20). The molecule has 0 atom stereocenters. The maximum absolute atomic E-state index is 4.61. The molecule has 0 unspecified atom stereocenters. The highest BCUT2D eigenvalue weighted by Crippen LogP contribution is 2.20. The second-order valence-corrected chi connectivity index (χ2v) is 5.97. The Balaban J connectivity index is 1.77. The van der Waals surface area contributed by atoms with Gasteiger partial charge in [-0.05, 0) is 42.7 Å². The summed E-state index contributed by atoms with van der Waals surface area (Å²) in [5, 5.41) is 5.28. The number of nitrogens with one attached hydrogen (secondary N) is 1. The van der Waals surface area contributed by atoms with Gasteiger partial charge in [0.25, 0.3) is 0 Å². The summed E-state index contributed by atoms with van der Waals surface area (Å²) < 4.78 is 0. The lowest BCUT2D eigenvalue weighted by atomic mass is 10.1. The van der Waals surface area contributed by atoms with Crippen molar-refractivity contribution in [2.24, 2.45) is 10.1 Å². The van der Waals surface area contributed by atoms with Gasteiger partial charge in [0.05, 0.1) is 11.4 Å². The smallest absolute Gasteiger partial charge is 0.182 e. The molecule has 1 heterocycles. The van der Waals surface area contributed by atoms with Gasteiger partial charge in [-0.3, -0.25) is 5.43 Å². The van der Waals surface area contributed by atoms with Crippen LogP contribution >= 0.6 is 11.8 Å². The normalized spacial score (nSPS) is 16.5. The lowest BCUT2D eigenvalue weighted by molar-refractivity contribution is 1.03. The summed E-state index contributed by atoms with van der Waals surface area (Å²) in [6.07, 6.45) is 0. The largest absolute Gasteiger partial charge is 0.255 e. The van der Waals surface area contributed by atoms with Crippen molar-refractivity contribution in [3.63, 3.8) is 0 Å². The summed E-state index contributed by atoms with van der Waals surface area (Å²) in [6, 6.07) is 16.5. The quantitative estimate of drug-likeness (QED) is 0.908. The van der Waals surface area contributed by atoms with Crippen LogP contribution in [-0.4, -0.2) is 16.6 Å². The van der Waals surface area contributed by atoms with Crippen molar-refractivity contribution in [3.8, 4) is 0 Å². The zero-order valence-corrected chi connectivity index (χ0v) is 12.9. The first kappa shape index (κ1) is 13.9. The lowest BCUT2D eigenvalue weighted by Gasteiger charge is -2.14. The van der Waals surface area contributed by atoms with Gasteiger partial charge in [-0.25, -0.2) is 4.99 Å². The number of nitrogens with zero attached hydrogens (tertiary/aromatic N) is 2. The fraction of sp³-hybridized carbons (Fsp3) is 0.176. The Morgan fingerprint density at radius 3 is 2.52 bits per heavy atom. The van der Waals surface area contributed by atoms with Gasteiger partial charge in [-0.2, -0.15) is 5.10 Å². The fourth-order valence-corrected chi connectivity index (χ4v) is 2.85. The predicted molar refractivity (Wildman–Crippen MR) is 91.6 cm³/mol. The van der Waals surface area contributed by atoms with E-state index in [-0.39, 0.29) is 0 Å². The third-order valence-electron chi connectivity index (χ3n) is 3.46. The maximum Gasteiger partial charge on any atom is 0.182 e. The average molecular weight is 295 g/mol. The highest BCUT2D eigenvalue weighted by atomic mass is 32.2. The summed E-state index contributed by atoms with van der Waals surface area (Å²) in [6.45, 7) is 4.21. The number of rotatable bonds is 2. The Hall–Kier alpha value is -2.07. The van der Waals surface area contributed by atoms with Crippen LogP contribution in [0.1, 0.15) is 16.7 Å². The lowest BCUT2D eigenvalue weighted by Crippen LogP contribution is -2.25. The van der Waals surface area contributed by atoms with Crippen molar-refractivity contribution in [2.75, 3.05) is 5.75 Å². The first-order valence-corrected chi connectivity index (χ1v) is 7.88. The molecule has 0 spiro atoms. The van der Waals surface area contributed by atoms with Crippen LogP contribution in [0.15, 0.2) is 58.6 Å². The van der Waals surface area contributed by atoms with Gasteiger partial charge in [0.15, 0.2) is 5.17 Å². The van der Waals surface area contributed by atoms with Crippen LogP contribution in [-0.2, 0) is 0 Å². The van der Waals surface area contributed by atoms with E-state index in [9.17, 15) is 0 Å². The SMILES string of the molecule is Cc1ccc(N=C2NN=C(c3ccccc3)CS2)cc1C. The Morgan fingerprint density at radius 1 is 1.05 bits per heavy atom. The molecule has 0 amide bonds. The summed E-state index contributed by atoms with van der Waals surface area (Å²) in [7, 11) is 0. The van der Waals surface area contributed by atoms with Crippen LogP contribution in [0.4, 0.5) is 5.69 Å². The minimum atomic E-state index is 0.834. The van der Waals surface area contributed by atoms with E-state index in [2.05, 4.69) is 53.6 Å². The van der Waals surface area contributed by atoms with Crippen molar-refractivity contribution in [2.45, 2.75) is 13.8 Å². The van der Waals surface area contributed by atoms with Crippen molar-refractivity contribution in [1.82, 2.24) is 5.43 Å². The van der Waals surface area contributed by atoms with Crippen LogP contribution in [0, 0.1) is 13.8 Å². The molecule has 0 saturated heterocycles. The van der Waals surface area contributed by atoms with Gasteiger partial charge in [0.1, 0.15) is 0 Å². The Labute approximate surface area is 129 Å². The van der Waals surface area contributed by atoms with E-state index < -0.39 is 0 Å². The number of aliphatic imine (C=N–C) groups is 1. The van der Waals surface area contributed by atoms with E-state index in [0.717, 1.165) is 27.9 Å². The van der Waals surface area contributed by atoms with Crippen molar-refractivity contribution >= 4 is 28.3 Å². The van der Waals surface area contributed by atoms with E-state index in [1.807, 2.05) is 24.3 Å². The van der Waals surface area contributed by atoms with Crippen LogP contribution in [0.5, 0.6) is 0 Å². The van der Waals surface area contributed by atoms with E-state index in [1.165, 1.54) is 11.1 Å². The molecule has 0 aliphatic carbocycles. The number of amidine groups is 1. The number of hydrogen-bond donors (Lipinski definition) is 1. The van der Waals surface area contributed by atoms with Crippen molar-refractivity contribution in [1.29, 1.82) is 0 Å². The molecule has 3 nitrogen and oxygen atoms in total. The Bertz CT molecular complexity index is 705. The third kappa shape index (κ3) is 3.34. The van der Waals surface area contributed by atoms with Crippen molar-refractivity contribution < 1.29 is 0 Å². The van der Waals surface area contributed by atoms with Crippen LogP contribution in [0.25, 0.3) is 0 Å². The molecule has 0 fully saturated rings. The molecule has 1 N–H and O–H groups in total. The third-order valence-corrected chi connectivity index (χ3v) is 4.33. The van der Waals surface area contributed by atoms with Gasteiger partial charge in [-0.15, -0.1) is 0 Å². The summed E-state index contributed by atoms with van der Waals surface area (Å²) >= 11 is 1.68.